The van der Waals surface area contributed by atoms with E-state index in [1.165, 1.54) is 0 Å². The van der Waals surface area contributed by atoms with Gasteiger partial charge in [0.2, 0.25) is 0 Å². The zero-order chi connectivity index (χ0) is 16.9. The van der Waals surface area contributed by atoms with E-state index in [4.69, 9.17) is 9.47 Å². The minimum atomic E-state index is -0.593. The monoisotopic (exact) mass is 326 g/mol. The number of anilines is 1. The average Bonchev–Trinajstić information content (AvgIpc) is 3.07. The number of aromatic nitrogens is 3. The molecule has 0 fully saturated rings. The maximum absolute atomic E-state index is 12.2. The van der Waals surface area contributed by atoms with Gasteiger partial charge >= 0.3 is 0 Å². The molecule has 0 aliphatic rings. The summed E-state index contributed by atoms with van der Waals surface area (Å²) in [6.45, 7) is 2.04. The summed E-state index contributed by atoms with van der Waals surface area (Å²) >= 11 is 0. The summed E-state index contributed by atoms with van der Waals surface area (Å²) in [5.74, 6) is 0.537. The van der Waals surface area contributed by atoms with Gasteiger partial charge in [0, 0.05) is 5.69 Å². The summed E-state index contributed by atoms with van der Waals surface area (Å²) in [4.78, 5) is 12.2. The molecule has 0 saturated heterocycles. The predicted molar refractivity (Wildman–Crippen MR) is 89.8 cm³/mol. The van der Waals surface area contributed by atoms with E-state index in [2.05, 4.69) is 20.7 Å². The van der Waals surface area contributed by atoms with Gasteiger partial charge in [-0.2, -0.15) is 15.4 Å². The fraction of sp³-hybridized carbons (Fsp3) is 0.235. The average molecular weight is 326 g/mol. The third kappa shape index (κ3) is 3.69. The van der Waals surface area contributed by atoms with Crippen molar-refractivity contribution in [3.05, 3.63) is 48.0 Å². The van der Waals surface area contributed by atoms with Crippen molar-refractivity contribution in [1.29, 1.82) is 0 Å². The van der Waals surface area contributed by atoms with Gasteiger partial charge in [0.25, 0.3) is 5.91 Å². The lowest BCUT2D eigenvalue weighted by atomic mass is 10.2. The first-order chi connectivity index (χ1) is 11.7. The van der Waals surface area contributed by atoms with Crippen LogP contribution in [0.4, 0.5) is 5.69 Å². The van der Waals surface area contributed by atoms with Gasteiger partial charge in [-0.3, -0.25) is 4.79 Å². The molecule has 3 rings (SSSR count). The number of H-pyrrole nitrogens is 1. The quantitative estimate of drug-likeness (QED) is 0.726. The molecular weight excluding hydrogens is 308 g/mol. The molecule has 0 bridgehead atoms. The first-order valence-corrected chi connectivity index (χ1v) is 7.51. The Hall–Kier alpha value is -2.93. The molecule has 1 aromatic heterocycles. The Bertz CT molecular complexity index is 846. The number of carbonyl (C=O) groups is 1. The van der Waals surface area contributed by atoms with Crippen molar-refractivity contribution in [3.8, 4) is 5.75 Å². The second kappa shape index (κ2) is 7.10. The minimum Gasteiger partial charge on any atom is -0.497 e. The van der Waals surface area contributed by atoms with E-state index in [1.807, 2.05) is 24.3 Å². The number of ether oxygens (including phenoxy) is 2. The molecule has 0 aliphatic carbocycles. The molecule has 24 heavy (non-hydrogen) atoms. The Morgan fingerprint density at radius 3 is 2.88 bits per heavy atom. The number of benzene rings is 2. The Labute approximate surface area is 139 Å². The Balaban J connectivity index is 1.57. The van der Waals surface area contributed by atoms with Crippen LogP contribution in [0.1, 0.15) is 12.5 Å². The van der Waals surface area contributed by atoms with Gasteiger partial charge in [-0.1, -0.05) is 12.1 Å². The molecule has 0 radical (unpaired) electrons. The van der Waals surface area contributed by atoms with Crippen LogP contribution in [0.3, 0.4) is 0 Å². The normalized spacial score (nSPS) is 12.1. The third-order valence-corrected chi connectivity index (χ3v) is 3.59. The van der Waals surface area contributed by atoms with Crippen molar-refractivity contribution in [2.24, 2.45) is 0 Å². The SMILES string of the molecule is COc1cccc(CO[C@H](C)C(=O)Nc2ccc3n[nH]nc3c2)c1. The highest BCUT2D eigenvalue weighted by Crippen LogP contribution is 2.16. The fourth-order valence-corrected chi connectivity index (χ4v) is 2.22. The smallest absolute Gasteiger partial charge is 0.253 e. The van der Waals surface area contributed by atoms with Gasteiger partial charge in [-0.25, -0.2) is 0 Å². The molecule has 1 atom stereocenters. The lowest BCUT2D eigenvalue weighted by Gasteiger charge is -2.14. The Morgan fingerprint density at radius 2 is 2.04 bits per heavy atom. The number of nitrogens with zero attached hydrogens (tertiary/aromatic N) is 2. The second-order valence-corrected chi connectivity index (χ2v) is 5.32. The van der Waals surface area contributed by atoms with Crippen molar-refractivity contribution < 1.29 is 14.3 Å². The van der Waals surface area contributed by atoms with Crippen LogP contribution in [-0.4, -0.2) is 34.5 Å². The van der Waals surface area contributed by atoms with E-state index in [0.717, 1.165) is 16.8 Å². The Kier molecular flexibility index (Phi) is 4.72. The van der Waals surface area contributed by atoms with Crippen LogP contribution in [0.25, 0.3) is 11.0 Å². The number of amides is 1. The molecule has 2 N–H and O–H groups in total. The molecule has 7 heteroatoms. The fourth-order valence-electron chi connectivity index (χ4n) is 2.22. The number of hydrogen-bond acceptors (Lipinski definition) is 5. The van der Waals surface area contributed by atoms with Crippen LogP contribution in [0.5, 0.6) is 5.75 Å². The van der Waals surface area contributed by atoms with Crippen LogP contribution >= 0.6 is 0 Å². The van der Waals surface area contributed by atoms with E-state index in [0.29, 0.717) is 17.8 Å². The zero-order valence-corrected chi connectivity index (χ0v) is 13.4. The molecule has 2 aromatic carbocycles. The number of aromatic amines is 1. The summed E-state index contributed by atoms with van der Waals surface area (Å²) in [6.07, 6.45) is -0.593. The molecule has 1 heterocycles. The van der Waals surface area contributed by atoms with E-state index in [-0.39, 0.29) is 5.91 Å². The van der Waals surface area contributed by atoms with E-state index < -0.39 is 6.10 Å². The van der Waals surface area contributed by atoms with Gasteiger partial charge in [-0.05, 0) is 42.8 Å². The molecule has 0 unspecified atom stereocenters. The topological polar surface area (TPSA) is 89.1 Å². The van der Waals surface area contributed by atoms with Crippen molar-refractivity contribution >= 4 is 22.6 Å². The molecular formula is C17H18N4O3. The Morgan fingerprint density at radius 1 is 1.21 bits per heavy atom. The number of rotatable bonds is 6. The van der Waals surface area contributed by atoms with Crippen molar-refractivity contribution in [2.45, 2.75) is 19.6 Å². The van der Waals surface area contributed by atoms with Gasteiger partial charge in [0.05, 0.1) is 13.7 Å². The molecule has 0 spiro atoms. The standard InChI is InChI=1S/C17H18N4O3/c1-11(24-10-12-4-3-5-14(8-12)23-2)17(22)18-13-6-7-15-16(9-13)20-21-19-15/h3-9,11H,10H2,1-2H3,(H,18,22)(H,19,20,21)/t11-/m1/s1. The predicted octanol–water partition coefficient (Wildman–Crippen LogP) is 2.51. The highest BCUT2D eigenvalue weighted by molar-refractivity contribution is 5.95. The van der Waals surface area contributed by atoms with Gasteiger partial charge in [0.1, 0.15) is 22.9 Å². The lowest BCUT2D eigenvalue weighted by Crippen LogP contribution is -2.27. The number of methoxy groups -OCH3 is 1. The summed E-state index contributed by atoms with van der Waals surface area (Å²) in [5.41, 5.74) is 3.03. The van der Waals surface area contributed by atoms with Gasteiger partial charge < -0.3 is 14.8 Å². The van der Waals surface area contributed by atoms with Crippen molar-refractivity contribution in [1.82, 2.24) is 15.4 Å². The van der Waals surface area contributed by atoms with Gasteiger partial charge in [0.15, 0.2) is 0 Å². The van der Waals surface area contributed by atoms with Gasteiger partial charge in [-0.15, -0.1) is 0 Å². The number of fused-ring (bicyclic) bond motifs is 1. The van der Waals surface area contributed by atoms with Crippen molar-refractivity contribution in [3.63, 3.8) is 0 Å². The first-order valence-electron chi connectivity index (χ1n) is 7.51. The number of hydrogen-bond donors (Lipinski definition) is 2. The molecule has 0 aliphatic heterocycles. The van der Waals surface area contributed by atoms with Crippen LogP contribution < -0.4 is 10.1 Å². The molecule has 1 amide bonds. The number of nitrogens with one attached hydrogen (secondary N) is 2. The summed E-state index contributed by atoms with van der Waals surface area (Å²) in [5, 5.41) is 13.3. The van der Waals surface area contributed by atoms with Crippen LogP contribution in [-0.2, 0) is 16.1 Å². The van der Waals surface area contributed by atoms with E-state index >= 15 is 0 Å². The summed E-state index contributed by atoms with van der Waals surface area (Å²) in [7, 11) is 1.61. The zero-order valence-electron chi connectivity index (χ0n) is 13.4. The third-order valence-electron chi connectivity index (χ3n) is 3.59. The summed E-state index contributed by atoms with van der Waals surface area (Å²) in [6, 6.07) is 12.9. The highest BCUT2D eigenvalue weighted by Gasteiger charge is 2.14. The van der Waals surface area contributed by atoms with Crippen LogP contribution in [0.2, 0.25) is 0 Å². The first kappa shape index (κ1) is 15.9. The molecule has 7 nitrogen and oxygen atoms in total. The molecule has 0 saturated carbocycles. The maximum Gasteiger partial charge on any atom is 0.253 e. The maximum atomic E-state index is 12.2. The molecule has 3 aromatic rings. The van der Waals surface area contributed by atoms with Crippen LogP contribution in [0.15, 0.2) is 42.5 Å². The van der Waals surface area contributed by atoms with E-state index in [9.17, 15) is 4.79 Å². The summed E-state index contributed by atoms with van der Waals surface area (Å²) < 4.78 is 10.8. The highest BCUT2D eigenvalue weighted by atomic mass is 16.5. The van der Waals surface area contributed by atoms with Crippen LogP contribution in [0, 0.1) is 0 Å². The van der Waals surface area contributed by atoms with E-state index in [1.54, 1.807) is 32.2 Å². The van der Waals surface area contributed by atoms with Crippen molar-refractivity contribution in [2.75, 3.05) is 12.4 Å². The largest absolute Gasteiger partial charge is 0.497 e. The minimum absolute atomic E-state index is 0.222. The lowest BCUT2D eigenvalue weighted by molar-refractivity contribution is -0.127. The number of carbonyl (C=O) groups excluding carboxylic acids is 1. The second-order valence-electron chi connectivity index (χ2n) is 5.32. The molecule has 124 valence electrons.